The number of aromatic nitrogens is 5. The maximum Gasteiger partial charge on any atom is 0.296 e. The Hall–Kier alpha value is -3.88. The van der Waals surface area contributed by atoms with E-state index in [2.05, 4.69) is 15.1 Å². The lowest BCUT2D eigenvalue weighted by molar-refractivity contribution is 0.0787. The van der Waals surface area contributed by atoms with Crippen LogP contribution in [-0.2, 0) is 20.1 Å². The minimum absolute atomic E-state index is 0.0788. The number of benzene rings is 1. The number of carbonyl (C=O) groups excluding carboxylic acids is 1. The number of carbonyl (C=O) groups is 1. The number of nitrogens with zero attached hydrogens (tertiary/aromatic N) is 6. The molecule has 4 aromatic rings. The fraction of sp³-hybridized carbons (Fsp3) is 0.304. The van der Waals surface area contributed by atoms with Crippen molar-refractivity contribution in [1.82, 2.24) is 29.2 Å². The molecule has 0 aliphatic rings. The first-order chi connectivity index (χ1) is 15.3. The second-order valence-electron chi connectivity index (χ2n) is 7.71. The van der Waals surface area contributed by atoms with E-state index < -0.39 is 0 Å². The standard InChI is InChI=1S/C23H26N6O3/c1-6-29-14(2)15(11-24-29)12-27(3)22(31)18-10-20(21-13-28(4)23(26-21)32-5)25-19-9-16(30)7-8-17(18)19/h7-11,13,30H,6,12H2,1-5H3. The highest BCUT2D eigenvalue weighted by Crippen LogP contribution is 2.29. The van der Waals surface area contributed by atoms with Crippen molar-refractivity contribution < 1.29 is 14.6 Å². The number of aromatic hydroxyl groups is 1. The number of pyridine rings is 1. The van der Waals surface area contributed by atoms with Crippen LogP contribution in [0.5, 0.6) is 11.8 Å². The Kier molecular flexibility index (Phi) is 5.56. The zero-order valence-electron chi connectivity index (χ0n) is 18.8. The molecule has 0 spiro atoms. The van der Waals surface area contributed by atoms with Crippen LogP contribution in [0.4, 0.5) is 0 Å². The third-order valence-electron chi connectivity index (χ3n) is 5.56. The molecule has 9 nitrogen and oxygen atoms in total. The molecule has 4 rings (SSSR count). The SMILES string of the molecule is CCn1ncc(CN(C)C(=O)c2cc(-c3cn(C)c(OC)n3)nc3cc(O)ccc23)c1C. The van der Waals surface area contributed by atoms with Gasteiger partial charge < -0.3 is 19.3 Å². The number of hydrogen-bond donors (Lipinski definition) is 1. The molecule has 0 bridgehead atoms. The number of fused-ring (bicyclic) bond motifs is 1. The van der Waals surface area contributed by atoms with Crippen LogP contribution in [0.15, 0.2) is 36.7 Å². The quantitative estimate of drug-likeness (QED) is 0.501. The summed E-state index contributed by atoms with van der Waals surface area (Å²) < 4.78 is 8.91. The highest BCUT2D eigenvalue weighted by atomic mass is 16.5. The van der Waals surface area contributed by atoms with E-state index in [1.165, 1.54) is 0 Å². The molecule has 0 aliphatic carbocycles. The number of rotatable bonds is 6. The van der Waals surface area contributed by atoms with Gasteiger partial charge in [-0.05, 0) is 32.0 Å². The fourth-order valence-electron chi connectivity index (χ4n) is 3.78. The normalized spacial score (nSPS) is 11.2. The molecular weight excluding hydrogens is 408 g/mol. The molecule has 0 aliphatic heterocycles. The predicted octanol–water partition coefficient (Wildman–Crippen LogP) is 3.15. The smallest absolute Gasteiger partial charge is 0.296 e. The zero-order chi connectivity index (χ0) is 23.0. The lowest BCUT2D eigenvalue weighted by Gasteiger charge is -2.19. The summed E-state index contributed by atoms with van der Waals surface area (Å²) in [4.78, 5) is 24.2. The zero-order valence-corrected chi connectivity index (χ0v) is 18.8. The second kappa shape index (κ2) is 8.33. The van der Waals surface area contributed by atoms with Crippen molar-refractivity contribution in [1.29, 1.82) is 0 Å². The average molecular weight is 435 g/mol. The number of aryl methyl sites for hydroxylation is 2. The van der Waals surface area contributed by atoms with Gasteiger partial charge in [0.15, 0.2) is 0 Å². The summed E-state index contributed by atoms with van der Waals surface area (Å²) in [5, 5.41) is 15.0. The molecule has 0 saturated heterocycles. The van der Waals surface area contributed by atoms with Crippen molar-refractivity contribution in [2.75, 3.05) is 14.2 Å². The molecule has 0 saturated carbocycles. The first-order valence-corrected chi connectivity index (χ1v) is 10.3. The molecule has 32 heavy (non-hydrogen) atoms. The van der Waals surface area contributed by atoms with E-state index in [4.69, 9.17) is 4.74 Å². The van der Waals surface area contributed by atoms with Crippen molar-refractivity contribution >= 4 is 16.8 Å². The maximum absolute atomic E-state index is 13.5. The highest BCUT2D eigenvalue weighted by Gasteiger charge is 2.20. The summed E-state index contributed by atoms with van der Waals surface area (Å²) >= 11 is 0. The van der Waals surface area contributed by atoms with Crippen molar-refractivity contribution in [2.24, 2.45) is 7.05 Å². The van der Waals surface area contributed by atoms with Crippen LogP contribution >= 0.6 is 0 Å². The van der Waals surface area contributed by atoms with E-state index in [1.54, 1.807) is 60.3 Å². The Morgan fingerprint density at radius 2 is 2.00 bits per heavy atom. The van der Waals surface area contributed by atoms with E-state index in [1.807, 2.05) is 25.6 Å². The molecule has 3 aromatic heterocycles. The summed E-state index contributed by atoms with van der Waals surface area (Å²) in [6, 6.07) is 6.99. The Morgan fingerprint density at radius 3 is 2.66 bits per heavy atom. The topological polar surface area (TPSA) is 98.3 Å². The maximum atomic E-state index is 13.5. The summed E-state index contributed by atoms with van der Waals surface area (Å²) in [6.07, 6.45) is 3.59. The van der Waals surface area contributed by atoms with Crippen LogP contribution in [0.2, 0.25) is 0 Å². The first kappa shape index (κ1) is 21.4. The van der Waals surface area contributed by atoms with Crippen molar-refractivity contribution in [2.45, 2.75) is 26.9 Å². The van der Waals surface area contributed by atoms with E-state index in [0.29, 0.717) is 40.4 Å². The third-order valence-corrected chi connectivity index (χ3v) is 5.56. The van der Waals surface area contributed by atoms with Gasteiger partial charge >= 0.3 is 0 Å². The van der Waals surface area contributed by atoms with Crippen LogP contribution in [0, 0.1) is 6.92 Å². The van der Waals surface area contributed by atoms with E-state index in [0.717, 1.165) is 17.8 Å². The van der Waals surface area contributed by atoms with Crippen LogP contribution in [0.1, 0.15) is 28.5 Å². The second-order valence-corrected chi connectivity index (χ2v) is 7.71. The summed E-state index contributed by atoms with van der Waals surface area (Å²) in [5.74, 6) is -0.0778. The molecule has 3 heterocycles. The third kappa shape index (κ3) is 3.77. The molecule has 0 radical (unpaired) electrons. The largest absolute Gasteiger partial charge is 0.508 e. The molecule has 166 valence electrons. The van der Waals surface area contributed by atoms with Crippen molar-refractivity contribution in [3.8, 4) is 23.1 Å². The van der Waals surface area contributed by atoms with Gasteiger partial charge in [0, 0.05) is 56.1 Å². The van der Waals surface area contributed by atoms with Gasteiger partial charge in [-0.3, -0.25) is 9.48 Å². The molecule has 0 fully saturated rings. The Balaban J connectivity index is 1.77. The monoisotopic (exact) mass is 434 g/mol. The minimum atomic E-state index is -0.157. The van der Waals surface area contributed by atoms with Gasteiger partial charge in [0.05, 0.1) is 30.1 Å². The van der Waals surface area contributed by atoms with Crippen molar-refractivity contribution in [3.05, 3.63) is 53.5 Å². The van der Waals surface area contributed by atoms with Gasteiger partial charge in [0.1, 0.15) is 11.4 Å². The molecule has 1 N–H and O–H groups in total. The highest BCUT2D eigenvalue weighted by molar-refractivity contribution is 6.07. The van der Waals surface area contributed by atoms with Gasteiger partial charge in [0.2, 0.25) is 0 Å². The van der Waals surface area contributed by atoms with Gasteiger partial charge in [-0.2, -0.15) is 10.1 Å². The van der Waals surface area contributed by atoms with Crippen LogP contribution in [-0.4, -0.2) is 54.4 Å². The Labute approximate surface area is 185 Å². The Morgan fingerprint density at radius 1 is 1.22 bits per heavy atom. The Bertz CT molecular complexity index is 1310. The lowest BCUT2D eigenvalue weighted by atomic mass is 10.0. The van der Waals surface area contributed by atoms with Crippen LogP contribution in [0.25, 0.3) is 22.3 Å². The predicted molar refractivity (Wildman–Crippen MR) is 121 cm³/mol. The minimum Gasteiger partial charge on any atom is -0.508 e. The molecule has 9 heteroatoms. The van der Waals surface area contributed by atoms with Gasteiger partial charge in [-0.15, -0.1) is 0 Å². The summed E-state index contributed by atoms with van der Waals surface area (Å²) in [7, 11) is 5.13. The molecule has 0 unspecified atom stereocenters. The van der Waals surface area contributed by atoms with Crippen LogP contribution < -0.4 is 4.74 Å². The number of amides is 1. The number of phenols is 1. The number of methoxy groups -OCH3 is 1. The molecular formula is C23H26N6O3. The van der Waals surface area contributed by atoms with Crippen molar-refractivity contribution in [3.63, 3.8) is 0 Å². The van der Waals surface area contributed by atoms with Gasteiger partial charge in [0.25, 0.3) is 11.9 Å². The van der Waals surface area contributed by atoms with Crippen LogP contribution in [0.3, 0.4) is 0 Å². The summed E-state index contributed by atoms with van der Waals surface area (Å²) in [5.41, 5.74) is 4.13. The van der Waals surface area contributed by atoms with E-state index in [-0.39, 0.29) is 11.7 Å². The van der Waals surface area contributed by atoms with E-state index in [9.17, 15) is 9.90 Å². The van der Waals surface area contributed by atoms with E-state index >= 15 is 0 Å². The average Bonchev–Trinajstić information content (AvgIpc) is 3.33. The van der Waals surface area contributed by atoms with Gasteiger partial charge in [-0.1, -0.05) is 0 Å². The molecule has 0 atom stereocenters. The number of ether oxygens (including phenoxy) is 1. The number of imidazole rings is 1. The molecule has 1 amide bonds. The molecule has 1 aromatic carbocycles. The number of phenolic OH excluding ortho intramolecular Hbond substituents is 1. The van der Waals surface area contributed by atoms with Gasteiger partial charge in [-0.25, -0.2) is 4.98 Å². The summed E-state index contributed by atoms with van der Waals surface area (Å²) in [6.45, 7) is 5.24. The lowest BCUT2D eigenvalue weighted by Crippen LogP contribution is -2.26. The fourth-order valence-corrected chi connectivity index (χ4v) is 3.78. The first-order valence-electron chi connectivity index (χ1n) is 10.3. The number of hydrogen-bond acceptors (Lipinski definition) is 6.